The SMILES string of the molecule is O=C(Cc1ccc(Cl)cc1)NNC(=O)[C@@H]1CC=CC[C@H]1C(=O)[O-]. The lowest BCUT2D eigenvalue weighted by Gasteiger charge is -2.28. The van der Waals surface area contributed by atoms with Crippen molar-refractivity contribution in [2.45, 2.75) is 19.3 Å². The lowest BCUT2D eigenvalue weighted by Crippen LogP contribution is -2.49. The van der Waals surface area contributed by atoms with Crippen LogP contribution in [0.25, 0.3) is 0 Å². The molecule has 2 amide bonds. The number of carboxylic acid groups (broad SMARTS) is 1. The Morgan fingerprint density at radius 1 is 1.04 bits per heavy atom. The highest BCUT2D eigenvalue weighted by Crippen LogP contribution is 2.25. The van der Waals surface area contributed by atoms with Crippen LogP contribution in [-0.2, 0) is 20.8 Å². The second kappa shape index (κ2) is 7.78. The number of carboxylic acids is 1. The molecule has 0 radical (unpaired) electrons. The number of carbonyl (C=O) groups excluding carboxylic acids is 3. The molecule has 1 aromatic carbocycles. The molecule has 1 aliphatic rings. The molecular formula is C16H16ClN2O4-. The number of nitrogens with one attached hydrogen (secondary N) is 2. The average molecular weight is 336 g/mol. The molecule has 0 fully saturated rings. The third-order valence-electron chi connectivity index (χ3n) is 3.67. The normalized spacial score (nSPS) is 19.9. The largest absolute Gasteiger partial charge is 0.550 e. The maximum absolute atomic E-state index is 12.0. The van der Waals surface area contributed by atoms with Crippen LogP contribution in [0.1, 0.15) is 18.4 Å². The molecule has 1 aliphatic carbocycles. The number of halogens is 1. The van der Waals surface area contributed by atoms with E-state index < -0.39 is 29.6 Å². The number of hydrazine groups is 1. The van der Waals surface area contributed by atoms with Crippen molar-refractivity contribution in [3.8, 4) is 0 Å². The van der Waals surface area contributed by atoms with E-state index in [-0.39, 0.29) is 12.8 Å². The molecule has 0 unspecified atom stereocenters. The van der Waals surface area contributed by atoms with Gasteiger partial charge in [-0.25, -0.2) is 0 Å². The molecule has 0 spiro atoms. The highest BCUT2D eigenvalue weighted by molar-refractivity contribution is 6.30. The summed E-state index contributed by atoms with van der Waals surface area (Å²) < 4.78 is 0. The smallest absolute Gasteiger partial charge is 0.242 e. The Balaban J connectivity index is 1.85. The third-order valence-corrected chi connectivity index (χ3v) is 3.93. The molecule has 0 bridgehead atoms. The molecule has 6 nitrogen and oxygen atoms in total. The minimum Gasteiger partial charge on any atom is -0.550 e. The van der Waals surface area contributed by atoms with Crippen LogP contribution in [0.3, 0.4) is 0 Å². The molecule has 122 valence electrons. The molecule has 0 aliphatic heterocycles. The van der Waals surface area contributed by atoms with Gasteiger partial charge < -0.3 is 9.90 Å². The minimum atomic E-state index is -1.26. The quantitative estimate of drug-likeness (QED) is 0.613. The predicted molar refractivity (Wildman–Crippen MR) is 81.8 cm³/mol. The van der Waals surface area contributed by atoms with Gasteiger partial charge in [-0.05, 0) is 30.5 Å². The summed E-state index contributed by atoms with van der Waals surface area (Å²) in [5.74, 6) is -3.83. The van der Waals surface area contributed by atoms with Gasteiger partial charge in [0, 0.05) is 16.9 Å². The van der Waals surface area contributed by atoms with E-state index in [4.69, 9.17) is 11.6 Å². The van der Waals surface area contributed by atoms with Crippen molar-refractivity contribution in [2.75, 3.05) is 0 Å². The summed E-state index contributed by atoms with van der Waals surface area (Å²) in [6.07, 6.45) is 4.09. The van der Waals surface area contributed by atoms with Crippen molar-refractivity contribution >= 4 is 29.4 Å². The molecular weight excluding hydrogens is 320 g/mol. The van der Waals surface area contributed by atoms with Crippen LogP contribution in [0.4, 0.5) is 0 Å². The fourth-order valence-electron chi connectivity index (χ4n) is 2.42. The van der Waals surface area contributed by atoms with Crippen LogP contribution in [-0.4, -0.2) is 17.8 Å². The Labute approximate surface area is 138 Å². The van der Waals surface area contributed by atoms with Crippen LogP contribution < -0.4 is 16.0 Å². The zero-order valence-electron chi connectivity index (χ0n) is 12.3. The lowest BCUT2D eigenvalue weighted by molar-refractivity contribution is -0.313. The van der Waals surface area contributed by atoms with Gasteiger partial charge >= 0.3 is 0 Å². The summed E-state index contributed by atoms with van der Waals surface area (Å²) in [4.78, 5) is 34.9. The number of aliphatic carboxylic acids is 1. The van der Waals surface area contributed by atoms with Crippen molar-refractivity contribution in [1.29, 1.82) is 0 Å². The van der Waals surface area contributed by atoms with E-state index in [9.17, 15) is 19.5 Å². The van der Waals surface area contributed by atoms with Gasteiger partial charge in [-0.2, -0.15) is 0 Å². The fourth-order valence-corrected chi connectivity index (χ4v) is 2.55. The maximum Gasteiger partial charge on any atom is 0.242 e. The van der Waals surface area contributed by atoms with Crippen molar-refractivity contribution in [1.82, 2.24) is 10.9 Å². The number of carbonyl (C=O) groups is 3. The number of benzene rings is 1. The van der Waals surface area contributed by atoms with E-state index >= 15 is 0 Å². The van der Waals surface area contributed by atoms with Crippen molar-refractivity contribution in [2.24, 2.45) is 11.8 Å². The van der Waals surface area contributed by atoms with Crippen LogP contribution in [0.15, 0.2) is 36.4 Å². The molecule has 0 heterocycles. The standard InChI is InChI=1S/C16H17ClN2O4/c17-11-7-5-10(6-8-11)9-14(20)18-19-15(21)12-3-1-2-4-13(12)16(22)23/h1-2,5-8,12-13H,3-4,9H2,(H,18,20)(H,19,21)(H,22,23)/p-1/t12-,13-/m1/s1. The van der Waals surface area contributed by atoms with Crippen molar-refractivity contribution < 1.29 is 19.5 Å². The summed E-state index contributed by atoms with van der Waals surface area (Å²) in [7, 11) is 0. The highest BCUT2D eigenvalue weighted by atomic mass is 35.5. The van der Waals surface area contributed by atoms with E-state index in [1.807, 2.05) is 0 Å². The summed E-state index contributed by atoms with van der Waals surface area (Å²) in [6.45, 7) is 0. The number of hydrogen-bond donors (Lipinski definition) is 2. The number of hydrogen-bond acceptors (Lipinski definition) is 4. The first-order valence-corrected chi connectivity index (χ1v) is 7.54. The zero-order chi connectivity index (χ0) is 16.8. The Hall–Kier alpha value is -2.34. The molecule has 2 rings (SSSR count). The summed E-state index contributed by atoms with van der Waals surface area (Å²) in [5, 5.41) is 11.6. The Bertz CT molecular complexity index is 627. The fraction of sp³-hybridized carbons (Fsp3) is 0.312. The number of allylic oxidation sites excluding steroid dienone is 2. The lowest BCUT2D eigenvalue weighted by atomic mass is 9.82. The number of rotatable bonds is 4. The Morgan fingerprint density at radius 2 is 1.65 bits per heavy atom. The van der Waals surface area contributed by atoms with Gasteiger partial charge in [-0.15, -0.1) is 0 Å². The second-order valence-corrected chi connectivity index (χ2v) is 5.75. The Morgan fingerprint density at radius 3 is 2.26 bits per heavy atom. The van der Waals surface area contributed by atoms with E-state index in [1.165, 1.54) is 0 Å². The van der Waals surface area contributed by atoms with Gasteiger partial charge in [0.1, 0.15) is 0 Å². The van der Waals surface area contributed by atoms with Crippen molar-refractivity contribution in [3.63, 3.8) is 0 Å². The first-order valence-electron chi connectivity index (χ1n) is 7.16. The Kier molecular flexibility index (Phi) is 5.76. The van der Waals surface area contributed by atoms with Gasteiger partial charge in [0.2, 0.25) is 11.8 Å². The van der Waals surface area contributed by atoms with Gasteiger partial charge in [0.15, 0.2) is 0 Å². The van der Waals surface area contributed by atoms with Gasteiger partial charge in [-0.3, -0.25) is 20.4 Å². The molecule has 7 heteroatoms. The summed E-state index contributed by atoms with van der Waals surface area (Å²) in [6, 6.07) is 6.76. The van der Waals surface area contributed by atoms with E-state index in [0.29, 0.717) is 11.4 Å². The van der Waals surface area contributed by atoms with Crippen LogP contribution in [0, 0.1) is 11.8 Å². The summed E-state index contributed by atoms with van der Waals surface area (Å²) in [5.41, 5.74) is 5.32. The van der Waals surface area contributed by atoms with E-state index in [2.05, 4.69) is 10.9 Å². The topological polar surface area (TPSA) is 98.3 Å². The van der Waals surface area contributed by atoms with Gasteiger partial charge in [0.25, 0.3) is 0 Å². The predicted octanol–water partition coefficient (Wildman–Crippen LogP) is 0.362. The second-order valence-electron chi connectivity index (χ2n) is 5.32. The maximum atomic E-state index is 12.0. The molecule has 23 heavy (non-hydrogen) atoms. The molecule has 0 aromatic heterocycles. The van der Waals surface area contributed by atoms with Gasteiger partial charge in [0.05, 0.1) is 12.3 Å². The van der Waals surface area contributed by atoms with E-state index in [0.717, 1.165) is 5.56 Å². The first kappa shape index (κ1) is 17.0. The van der Waals surface area contributed by atoms with Crippen LogP contribution >= 0.6 is 11.6 Å². The molecule has 1 aromatic rings. The molecule has 2 atom stereocenters. The first-order chi connectivity index (χ1) is 11.0. The van der Waals surface area contributed by atoms with E-state index in [1.54, 1.807) is 36.4 Å². The molecule has 0 saturated heterocycles. The monoisotopic (exact) mass is 335 g/mol. The zero-order valence-corrected chi connectivity index (χ0v) is 13.0. The highest BCUT2D eigenvalue weighted by Gasteiger charge is 2.29. The van der Waals surface area contributed by atoms with Crippen LogP contribution in [0.5, 0.6) is 0 Å². The molecule has 2 N–H and O–H groups in total. The van der Waals surface area contributed by atoms with Crippen LogP contribution in [0.2, 0.25) is 5.02 Å². The summed E-state index contributed by atoms with van der Waals surface area (Å²) >= 11 is 5.76. The average Bonchev–Trinajstić information content (AvgIpc) is 2.54. The molecule has 0 saturated carbocycles. The minimum absolute atomic E-state index is 0.0753. The number of amides is 2. The third kappa shape index (κ3) is 4.82. The van der Waals surface area contributed by atoms with Gasteiger partial charge in [-0.1, -0.05) is 35.9 Å². The van der Waals surface area contributed by atoms with Crippen molar-refractivity contribution in [3.05, 3.63) is 47.0 Å².